The predicted octanol–water partition coefficient (Wildman–Crippen LogP) is 2.52. The molecule has 0 unspecified atom stereocenters. The van der Waals surface area contributed by atoms with E-state index in [1.54, 1.807) is 11.3 Å². The molecule has 1 rings (SSSR count). The number of carbonyl (C=O) groups excluding carboxylic acids is 1. The van der Waals surface area contributed by atoms with Crippen LogP contribution in [0.2, 0.25) is 0 Å². The lowest BCUT2D eigenvalue weighted by Crippen LogP contribution is -2.25. The first-order chi connectivity index (χ1) is 7.76. The van der Waals surface area contributed by atoms with E-state index in [9.17, 15) is 4.79 Å². The van der Waals surface area contributed by atoms with Gasteiger partial charge in [-0.3, -0.25) is 9.69 Å². The van der Waals surface area contributed by atoms with Crippen LogP contribution in [-0.4, -0.2) is 30.6 Å². The van der Waals surface area contributed by atoms with Crippen molar-refractivity contribution in [3.63, 3.8) is 0 Å². The van der Waals surface area contributed by atoms with Crippen molar-refractivity contribution >= 4 is 17.3 Å². The fourth-order valence-corrected chi connectivity index (χ4v) is 2.20. The SMILES string of the molecule is CCOC(=O)CCN(CC)Cc1cccs1. The molecule has 0 amide bonds. The van der Waals surface area contributed by atoms with E-state index in [1.807, 2.05) is 6.92 Å². The topological polar surface area (TPSA) is 29.5 Å². The molecule has 16 heavy (non-hydrogen) atoms. The molecule has 0 fully saturated rings. The molecule has 0 bridgehead atoms. The first-order valence-corrected chi connectivity index (χ1v) is 6.54. The van der Waals surface area contributed by atoms with Crippen molar-refractivity contribution in [1.29, 1.82) is 0 Å². The molecule has 4 heteroatoms. The summed E-state index contributed by atoms with van der Waals surface area (Å²) in [5.41, 5.74) is 0. The zero-order valence-electron chi connectivity index (χ0n) is 9.94. The Balaban J connectivity index is 2.29. The first kappa shape index (κ1) is 13.2. The zero-order chi connectivity index (χ0) is 11.8. The molecule has 0 spiro atoms. The number of carbonyl (C=O) groups is 1. The molecule has 90 valence electrons. The summed E-state index contributed by atoms with van der Waals surface area (Å²) >= 11 is 1.75. The van der Waals surface area contributed by atoms with Crippen LogP contribution in [0.3, 0.4) is 0 Å². The molecule has 1 heterocycles. The van der Waals surface area contributed by atoms with Gasteiger partial charge in [-0.05, 0) is 24.9 Å². The minimum absolute atomic E-state index is 0.105. The van der Waals surface area contributed by atoms with Crippen LogP contribution in [0.15, 0.2) is 17.5 Å². The van der Waals surface area contributed by atoms with Crippen molar-refractivity contribution in [2.45, 2.75) is 26.8 Å². The highest BCUT2D eigenvalue weighted by atomic mass is 32.1. The highest BCUT2D eigenvalue weighted by Gasteiger charge is 2.08. The van der Waals surface area contributed by atoms with E-state index in [4.69, 9.17) is 4.74 Å². The monoisotopic (exact) mass is 241 g/mol. The number of rotatable bonds is 7. The van der Waals surface area contributed by atoms with Crippen molar-refractivity contribution in [2.24, 2.45) is 0 Å². The second-order valence-corrected chi connectivity index (χ2v) is 4.54. The third-order valence-corrected chi connectivity index (χ3v) is 3.21. The molecule has 1 aromatic heterocycles. The lowest BCUT2D eigenvalue weighted by atomic mass is 10.3. The van der Waals surface area contributed by atoms with E-state index in [2.05, 4.69) is 29.3 Å². The number of ether oxygens (including phenoxy) is 1. The smallest absolute Gasteiger partial charge is 0.307 e. The maximum absolute atomic E-state index is 11.2. The lowest BCUT2D eigenvalue weighted by Gasteiger charge is -2.18. The molecule has 0 aliphatic carbocycles. The number of esters is 1. The minimum Gasteiger partial charge on any atom is -0.466 e. The van der Waals surface area contributed by atoms with Crippen LogP contribution in [0.4, 0.5) is 0 Å². The van der Waals surface area contributed by atoms with Gasteiger partial charge >= 0.3 is 5.97 Å². The summed E-state index contributed by atoms with van der Waals surface area (Å²) < 4.78 is 4.91. The Kier molecular flexibility index (Phi) is 6.11. The van der Waals surface area contributed by atoms with E-state index in [1.165, 1.54) is 4.88 Å². The van der Waals surface area contributed by atoms with Gasteiger partial charge in [-0.1, -0.05) is 13.0 Å². The van der Waals surface area contributed by atoms with E-state index in [-0.39, 0.29) is 5.97 Å². The second kappa shape index (κ2) is 7.41. The van der Waals surface area contributed by atoms with Crippen LogP contribution in [0.5, 0.6) is 0 Å². The van der Waals surface area contributed by atoms with Crippen LogP contribution < -0.4 is 0 Å². The molecule has 0 radical (unpaired) electrons. The first-order valence-electron chi connectivity index (χ1n) is 5.66. The van der Waals surface area contributed by atoms with Gasteiger partial charge in [0, 0.05) is 18.0 Å². The maximum Gasteiger partial charge on any atom is 0.307 e. The van der Waals surface area contributed by atoms with Crippen molar-refractivity contribution in [3.05, 3.63) is 22.4 Å². The molecule has 3 nitrogen and oxygen atoms in total. The molecule has 0 aliphatic rings. The fourth-order valence-electron chi connectivity index (χ4n) is 1.45. The van der Waals surface area contributed by atoms with Crippen LogP contribution in [-0.2, 0) is 16.1 Å². The van der Waals surface area contributed by atoms with Crippen LogP contribution in [0, 0.1) is 0 Å². The Hall–Kier alpha value is -0.870. The molecular formula is C12H19NO2S. The summed E-state index contributed by atoms with van der Waals surface area (Å²) in [7, 11) is 0. The molecule has 0 N–H and O–H groups in total. The van der Waals surface area contributed by atoms with E-state index in [0.29, 0.717) is 13.0 Å². The van der Waals surface area contributed by atoms with Crippen molar-refractivity contribution in [1.82, 2.24) is 4.90 Å². The molecular weight excluding hydrogens is 222 g/mol. The van der Waals surface area contributed by atoms with Gasteiger partial charge < -0.3 is 4.74 Å². The van der Waals surface area contributed by atoms with Gasteiger partial charge in [0.2, 0.25) is 0 Å². The van der Waals surface area contributed by atoms with Crippen LogP contribution >= 0.6 is 11.3 Å². The van der Waals surface area contributed by atoms with Crippen molar-refractivity contribution < 1.29 is 9.53 Å². The van der Waals surface area contributed by atoms with Gasteiger partial charge in [-0.15, -0.1) is 11.3 Å². The standard InChI is InChI=1S/C12H19NO2S/c1-3-13(8-7-12(14)15-4-2)10-11-6-5-9-16-11/h5-6,9H,3-4,7-8,10H2,1-2H3. The molecule has 0 saturated carbocycles. The second-order valence-electron chi connectivity index (χ2n) is 3.50. The number of nitrogens with zero attached hydrogens (tertiary/aromatic N) is 1. The number of hydrogen-bond donors (Lipinski definition) is 0. The van der Waals surface area contributed by atoms with Crippen LogP contribution in [0.1, 0.15) is 25.1 Å². The number of thiophene rings is 1. The molecule has 0 aliphatic heterocycles. The van der Waals surface area contributed by atoms with Gasteiger partial charge in [0.25, 0.3) is 0 Å². The van der Waals surface area contributed by atoms with Gasteiger partial charge in [0.05, 0.1) is 13.0 Å². The Morgan fingerprint density at radius 1 is 1.50 bits per heavy atom. The molecule has 0 atom stereocenters. The van der Waals surface area contributed by atoms with Crippen molar-refractivity contribution in [3.8, 4) is 0 Å². The Morgan fingerprint density at radius 2 is 2.31 bits per heavy atom. The minimum atomic E-state index is -0.105. The van der Waals surface area contributed by atoms with Crippen molar-refractivity contribution in [2.75, 3.05) is 19.7 Å². The Labute approximate surface area is 101 Å². The lowest BCUT2D eigenvalue weighted by molar-refractivity contribution is -0.143. The van der Waals surface area contributed by atoms with E-state index >= 15 is 0 Å². The van der Waals surface area contributed by atoms with Crippen LogP contribution in [0.25, 0.3) is 0 Å². The summed E-state index contributed by atoms with van der Waals surface area (Å²) in [4.78, 5) is 14.8. The van der Waals surface area contributed by atoms with Gasteiger partial charge in [-0.25, -0.2) is 0 Å². The van der Waals surface area contributed by atoms with E-state index < -0.39 is 0 Å². The third-order valence-electron chi connectivity index (χ3n) is 2.34. The zero-order valence-corrected chi connectivity index (χ0v) is 10.8. The molecule has 0 aromatic carbocycles. The van der Waals surface area contributed by atoms with Gasteiger partial charge in [-0.2, -0.15) is 0 Å². The summed E-state index contributed by atoms with van der Waals surface area (Å²) in [6.07, 6.45) is 0.479. The summed E-state index contributed by atoms with van der Waals surface area (Å²) in [5.74, 6) is -0.105. The maximum atomic E-state index is 11.2. The molecule has 0 saturated heterocycles. The fraction of sp³-hybridized carbons (Fsp3) is 0.583. The average molecular weight is 241 g/mol. The number of hydrogen-bond acceptors (Lipinski definition) is 4. The summed E-state index contributed by atoms with van der Waals surface area (Å²) in [6.45, 7) is 7.06. The third kappa shape index (κ3) is 4.77. The average Bonchev–Trinajstić information content (AvgIpc) is 2.77. The summed E-state index contributed by atoms with van der Waals surface area (Å²) in [6, 6.07) is 4.18. The van der Waals surface area contributed by atoms with E-state index in [0.717, 1.165) is 19.6 Å². The largest absolute Gasteiger partial charge is 0.466 e. The quantitative estimate of drug-likeness (QED) is 0.687. The molecule has 1 aromatic rings. The van der Waals surface area contributed by atoms with Gasteiger partial charge in [0.1, 0.15) is 0 Å². The summed E-state index contributed by atoms with van der Waals surface area (Å²) in [5, 5.41) is 2.08. The van der Waals surface area contributed by atoms with Gasteiger partial charge in [0.15, 0.2) is 0 Å². The normalized spacial score (nSPS) is 10.7. The highest BCUT2D eigenvalue weighted by molar-refractivity contribution is 7.09. The Bertz CT molecular complexity index is 298. The highest BCUT2D eigenvalue weighted by Crippen LogP contribution is 2.11. The Morgan fingerprint density at radius 3 is 2.88 bits per heavy atom. The predicted molar refractivity (Wildman–Crippen MR) is 66.5 cm³/mol.